The van der Waals surface area contributed by atoms with Gasteiger partial charge < -0.3 is 29.4 Å². The predicted molar refractivity (Wildman–Crippen MR) is 144 cm³/mol. The van der Waals surface area contributed by atoms with Gasteiger partial charge in [0, 0.05) is 30.5 Å². The Morgan fingerprint density at radius 3 is 2.25 bits per heavy atom. The van der Waals surface area contributed by atoms with Gasteiger partial charge >= 0.3 is 0 Å². The number of carbonyl (C=O) groups excluding carboxylic acids is 2. The van der Waals surface area contributed by atoms with Crippen LogP contribution in [-0.4, -0.2) is 49.8 Å². The quantitative estimate of drug-likeness (QED) is 0.271. The van der Waals surface area contributed by atoms with Crippen molar-refractivity contribution in [3.8, 4) is 28.6 Å². The molecule has 0 aliphatic rings. The van der Waals surface area contributed by atoms with E-state index in [0.29, 0.717) is 29.2 Å². The summed E-state index contributed by atoms with van der Waals surface area (Å²) in [5, 5.41) is 9.65. The van der Waals surface area contributed by atoms with Crippen molar-refractivity contribution in [3.63, 3.8) is 0 Å². The fraction of sp³-hybridized carbons (Fsp3) is 0.241. The Labute approximate surface area is 230 Å². The molecule has 3 aromatic carbocycles. The lowest BCUT2D eigenvalue weighted by atomic mass is 10.1. The third-order valence-corrected chi connectivity index (χ3v) is 6.02. The largest absolute Gasteiger partial charge is 0.493 e. The van der Waals surface area contributed by atoms with Crippen LogP contribution in [0.1, 0.15) is 34.3 Å². The second kappa shape index (κ2) is 13.2. The van der Waals surface area contributed by atoms with Gasteiger partial charge in [0.2, 0.25) is 23.4 Å². The highest BCUT2D eigenvalue weighted by Crippen LogP contribution is 2.38. The van der Waals surface area contributed by atoms with Gasteiger partial charge in [0.15, 0.2) is 11.5 Å². The van der Waals surface area contributed by atoms with Gasteiger partial charge in [-0.2, -0.15) is 4.98 Å². The Bertz CT molecular complexity index is 1420. The number of aromatic nitrogens is 2. The van der Waals surface area contributed by atoms with E-state index in [1.807, 2.05) is 30.3 Å². The zero-order valence-corrected chi connectivity index (χ0v) is 22.3. The number of methoxy groups -OCH3 is 3. The first-order chi connectivity index (χ1) is 19.4. The van der Waals surface area contributed by atoms with E-state index in [1.54, 1.807) is 12.1 Å². The minimum Gasteiger partial charge on any atom is -0.493 e. The number of benzene rings is 3. The second-order valence-corrected chi connectivity index (χ2v) is 8.69. The SMILES string of the molecule is COc1cc(C(=O)NCCC(=O)N[C@H](Cc2ccccc2)c2nc(-c3ccc(F)cc3)no2)cc(OC)c1OC. The number of ether oxygens (including phenoxy) is 3. The summed E-state index contributed by atoms with van der Waals surface area (Å²) in [6, 6.07) is 17.7. The third kappa shape index (κ3) is 6.93. The van der Waals surface area contributed by atoms with Crippen LogP contribution in [0.15, 0.2) is 71.3 Å². The number of carbonyl (C=O) groups is 2. The maximum absolute atomic E-state index is 13.3. The van der Waals surface area contributed by atoms with Crippen molar-refractivity contribution in [2.75, 3.05) is 27.9 Å². The molecule has 1 atom stereocenters. The molecular weight excluding hydrogens is 519 g/mol. The van der Waals surface area contributed by atoms with Crippen LogP contribution in [-0.2, 0) is 11.2 Å². The van der Waals surface area contributed by atoms with E-state index < -0.39 is 11.9 Å². The first kappa shape index (κ1) is 28.1. The highest BCUT2D eigenvalue weighted by molar-refractivity contribution is 5.95. The number of nitrogens with one attached hydrogen (secondary N) is 2. The summed E-state index contributed by atoms with van der Waals surface area (Å²) < 4.78 is 34.7. The molecule has 1 heterocycles. The van der Waals surface area contributed by atoms with Crippen molar-refractivity contribution in [2.24, 2.45) is 0 Å². The lowest BCUT2D eigenvalue weighted by Crippen LogP contribution is -2.34. The number of hydrogen-bond acceptors (Lipinski definition) is 8. The molecule has 11 heteroatoms. The number of rotatable bonds is 12. The molecule has 4 aromatic rings. The summed E-state index contributed by atoms with van der Waals surface area (Å²) in [5.41, 5.74) is 1.82. The van der Waals surface area contributed by atoms with Gasteiger partial charge in [0.25, 0.3) is 5.91 Å². The summed E-state index contributed by atoms with van der Waals surface area (Å²) in [4.78, 5) is 30.1. The van der Waals surface area contributed by atoms with Crippen molar-refractivity contribution >= 4 is 11.8 Å². The molecule has 208 valence electrons. The lowest BCUT2D eigenvalue weighted by molar-refractivity contribution is -0.121. The summed E-state index contributed by atoms with van der Waals surface area (Å²) >= 11 is 0. The molecule has 0 saturated carbocycles. The summed E-state index contributed by atoms with van der Waals surface area (Å²) in [7, 11) is 4.39. The maximum Gasteiger partial charge on any atom is 0.251 e. The van der Waals surface area contributed by atoms with Gasteiger partial charge in [0.1, 0.15) is 11.9 Å². The maximum atomic E-state index is 13.3. The van der Waals surface area contributed by atoms with E-state index in [1.165, 1.54) is 45.6 Å². The van der Waals surface area contributed by atoms with E-state index >= 15 is 0 Å². The molecule has 0 spiro atoms. The second-order valence-electron chi connectivity index (χ2n) is 8.69. The van der Waals surface area contributed by atoms with Gasteiger partial charge in [-0.25, -0.2) is 4.39 Å². The molecule has 0 aliphatic carbocycles. The molecule has 0 aliphatic heterocycles. The van der Waals surface area contributed by atoms with Crippen molar-refractivity contribution in [1.82, 2.24) is 20.8 Å². The van der Waals surface area contributed by atoms with Gasteiger partial charge in [-0.1, -0.05) is 35.5 Å². The number of halogens is 1. The molecule has 0 unspecified atom stereocenters. The minimum atomic E-state index is -0.623. The van der Waals surface area contributed by atoms with Crippen molar-refractivity contribution < 1.29 is 32.7 Å². The highest BCUT2D eigenvalue weighted by Gasteiger charge is 2.23. The molecule has 2 N–H and O–H groups in total. The molecule has 0 radical (unpaired) electrons. The van der Waals surface area contributed by atoms with E-state index in [9.17, 15) is 14.0 Å². The molecule has 4 rings (SSSR count). The smallest absolute Gasteiger partial charge is 0.251 e. The average molecular weight is 549 g/mol. The third-order valence-electron chi connectivity index (χ3n) is 6.02. The van der Waals surface area contributed by atoms with Crippen LogP contribution in [0.25, 0.3) is 11.4 Å². The molecule has 0 saturated heterocycles. The molecular formula is C29H29FN4O6. The normalized spacial score (nSPS) is 11.4. The zero-order chi connectivity index (χ0) is 28.5. The molecule has 1 aromatic heterocycles. The van der Waals surface area contributed by atoms with Crippen molar-refractivity contribution in [1.29, 1.82) is 0 Å². The molecule has 2 amide bonds. The van der Waals surface area contributed by atoms with E-state index in [2.05, 4.69) is 20.8 Å². The number of nitrogens with zero attached hydrogens (tertiary/aromatic N) is 2. The fourth-order valence-corrected chi connectivity index (χ4v) is 4.01. The van der Waals surface area contributed by atoms with Crippen LogP contribution in [0.5, 0.6) is 17.2 Å². The number of amides is 2. The summed E-state index contributed by atoms with van der Waals surface area (Å²) in [6.07, 6.45) is 0.399. The van der Waals surface area contributed by atoms with Crippen molar-refractivity contribution in [2.45, 2.75) is 18.9 Å². The van der Waals surface area contributed by atoms with Crippen LogP contribution in [0, 0.1) is 5.82 Å². The monoisotopic (exact) mass is 548 g/mol. The van der Waals surface area contributed by atoms with Crippen LogP contribution in [0.4, 0.5) is 4.39 Å². The molecule has 0 fully saturated rings. The zero-order valence-electron chi connectivity index (χ0n) is 22.3. The first-order valence-electron chi connectivity index (χ1n) is 12.4. The number of hydrogen-bond donors (Lipinski definition) is 2. The molecule has 40 heavy (non-hydrogen) atoms. The van der Waals surface area contributed by atoms with Gasteiger partial charge in [-0.05, 0) is 42.0 Å². The van der Waals surface area contributed by atoms with Crippen LogP contribution in [0.3, 0.4) is 0 Å². The van der Waals surface area contributed by atoms with E-state index in [4.69, 9.17) is 18.7 Å². The minimum absolute atomic E-state index is 0.000407. The fourth-order valence-electron chi connectivity index (χ4n) is 4.01. The lowest BCUT2D eigenvalue weighted by Gasteiger charge is -2.16. The highest BCUT2D eigenvalue weighted by atomic mass is 19.1. The Hall–Kier alpha value is -4.93. The van der Waals surface area contributed by atoms with E-state index in [0.717, 1.165) is 5.56 Å². The van der Waals surface area contributed by atoms with E-state index in [-0.39, 0.29) is 42.0 Å². The Morgan fingerprint density at radius 2 is 1.62 bits per heavy atom. The van der Waals surface area contributed by atoms with Gasteiger partial charge in [-0.15, -0.1) is 0 Å². The molecule has 0 bridgehead atoms. The van der Waals surface area contributed by atoms with Crippen LogP contribution < -0.4 is 24.8 Å². The predicted octanol–water partition coefficient (Wildman–Crippen LogP) is 4.12. The Morgan fingerprint density at radius 1 is 0.950 bits per heavy atom. The summed E-state index contributed by atoms with van der Waals surface area (Å²) in [5.74, 6) is 0.424. The molecule has 10 nitrogen and oxygen atoms in total. The average Bonchev–Trinajstić information content (AvgIpc) is 3.47. The summed E-state index contributed by atoms with van der Waals surface area (Å²) in [6.45, 7) is 0.0735. The topological polar surface area (TPSA) is 125 Å². The Kier molecular flexibility index (Phi) is 9.29. The standard InChI is InChI=1S/C29H29FN4O6/c1-37-23-16-20(17-24(38-2)26(23)39-3)28(36)31-14-13-25(35)32-22(15-18-7-5-4-6-8-18)29-33-27(34-40-29)19-9-11-21(30)12-10-19/h4-12,16-17,22H,13-15H2,1-3H3,(H,31,36)(H,32,35)/t22-/m1/s1. The Balaban J connectivity index is 1.42. The van der Waals surface area contributed by atoms with Crippen molar-refractivity contribution in [3.05, 3.63) is 89.6 Å². The van der Waals surface area contributed by atoms with Gasteiger partial charge in [0.05, 0.1) is 21.3 Å². The van der Waals surface area contributed by atoms with Crippen LogP contribution >= 0.6 is 0 Å². The first-order valence-corrected chi connectivity index (χ1v) is 12.4. The van der Waals surface area contributed by atoms with Gasteiger partial charge in [-0.3, -0.25) is 9.59 Å². The van der Waals surface area contributed by atoms with Crippen LogP contribution in [0.2, 0.25) is 0 Å².